The second-order valence-electron chi connectivity index (χ2n) is 5.81. The molecule has 0 amide bonds. The van der Waals surface area contributed by atoms with E-state index < -0.39 is 0 Å². The van der Waals surface area contributed by atoms with Crippen LogP contribution >= 0.6 is 35.4 Å². The molecular weight excluding hydrogens is 377 g/mol. The van der Waals surface area contributed by atoms with Gasteiger partial charge in [-0.25, -0.2) is 4.98 Å². The normalized spacial score (nSPS) is 14.5. The third-order valence-electron chi connectivity index (χ3n) is 4.22. The van der Waals surface area contributed by atoms with Crippen LogP contribution in [0.2, 0.25) is 10.0 Å². The van der Waals surface area contributed by atoms with E-state index in [0.717, 1.165) is 42.5 Å². The number of benzene rings is 1. The number of thiocarbonyl (C=S) groups is 1. The molecule has 2 heterocycles. The quantitative estimate of drug-likeness (QED) is 0.727. The van der Waals surface area contributed by atoms with Crippen LogP contribution in [-0.4, -0.2) is 48.2 Å². The first-order valence-corrected chi connectivity index (χ1v) is 9.21. The van der Waals surface area contributed by atoms with E-state index in [-0.39, 0.29) is 0 Å². The summed E-state index contributed by atoms with van der Waals surface area (Å²) in [4.78, 5) is 9.88. The third-order valence-corrected chi connectivity index (χ3v) is 5.36. The zero-order valence-electron chi connectivity index (χ0n) is 13.9. The van der Waals surface area contributed by atoms with Crippen molar-refractivity contribution in [2.24, 2.45) is 0 Å². The van der Waals surface area contributed by atoms with Gasteiger partial charge in [0.25, 0.3) is 0 Å². The molecule has 1 aliphatic rings. The van der Waals surface area contributed by atoms with Gasteiger partial charge in [0.05, 0.1) is 27.8 Å². The Labute approximate surface area is 163 Å². The summed E-state index contributed by atoms with van der Waals surface area (Å²) in [5, 5.41) is 1.16. The number of aromatic nitrogens is 1. The number of nitrogens with zero attached hydrogens (tertiary/aromatic N) is 3. The Hall–Kier alpha value is -1.56. The Morgan fingerprint density at radius 1 is 1.12 bits per heavy atom. The van der Waals surface area contributed by atoms with Crippen LogP contribution in [0.15, 0.2) is 36.4 Å². The lowest BCUT2D eigenvalue weighted by Gasteiger charge is -2.37. The SMILES string of the molecule is COc1cccc(CC(=S)N2CCN(c3ccc(Cl)c(Cl)c3)CC2)n1. The molecular formula is C18H19Cl2N3OS. The van der Waals surface area contributed by atoms with Gasteiger partial charge >= 0.3 is 0 Å². The van der Waals surface area contributed by atoms with Crippen LogP contribution in [0.5, 0.6) is 5.88 Å². The fourth-order valence-corrected chi connectivity index (χ4v) is 3.46. The average molecular weight is 396 g/mol. The van der Waals surface area contributed by atoms with Crippen molar-refractivity contribution in [3.8, 4) is 5.88 Å². The maximum atomic E-state index is 6.12. The zero-order chi connectivity index (χ0) is 17.8. The monoisotopic (exact) mass is 395 g/mol. The molecule has 7 heteroatoms. The van der Waals surface area contributed by atoms with Crippen molar-refractivity contribution in [1.29, 1.82) is 0 Å². The van der Waals surface area contributed by atoms with Crippen molar-refractivity contribution in [1.82, 2.24) is 9.88 Å². The highest BCUT2D eigenvalue weighted by molar-refractivity contribution is 7.80. The van der Waals surface area contributed by atoms with E-state index in [1.165, 1.54) is 0 Å². The molecule has 0 unspecified atom stereocenters. The molecule has 4 nitrogen and oxygen atoms in total. The van der Waals surface area contributed by atoms with Crippen LogP contribution in [0.3, 0.4) is 0 Å². The van der Waals surface area contributed by atoms with E-state index in [9.17, 15) is 0 Å². The first kappa shape index (κ1) is 18.2. The lowest BCUT2D eigenvalue weighted by atomic mass is 10.2. The molecule has 0 aliphatic carbocycles. The summed E-state index contributed by atoms with van der Waals surface area (Å²) >= 11 is 17.7. The lowest BCUT2D eigenvalue weighted by molar-refractivity contribution is 0.385. The molecule has 3 rings (SSSR count). The zero-order valence-corrected chi connectivity index (χ0v) is 16.2. The van der Waals surface area contributed by atoms with E-state index in [4.69, 9.17) is 40.2 Å². The summed E-state index contributed by atoms with van der Waals surface area (Å²) in [5.74, 6) is 0.615. The standard InChI is InChI=1S/C18H19Cl2N3OS/c1-24-17-4-2-3-13(21-17)11-18(25)23-9-7-22(8-10-23)14-5-6-15(19)16(20)12-14/h2-6,12H,7-11H2,1H3. The first-order valence-electron chi connectivity index (χ1n) is 8.04. The van der Waals surface area contributed by atoms with Gasteiger partial charge in [0.2, 0.25) is 5.88 Å². The molecule has 1 aromatic heterocycles. The van der Waals surface area contributed by atoms with Crippen LogP contribution in [-0.2, 0) is 6.42 Å². The van der Waals surface area contributed by atoms with E-state index in [2.05, 4.69) is 14.8 Å². The minimum atomic E-state index is 0.580. The molecule has 0 bridgehead atoms. The highest BCUT2D eigenvalue weighted by atomic mass is 35.5. The Morgan fingerprint density at radius 2 is 1.88 bits per heavy atom. The smallest absolute Gasteiger partial charge is 0.213 e. The van der Waals surface area contributed by atoms with Gasteiger partial charge in [0.1, 0.15) is 0 Å². The molecule has 1 saturated heterocycles. The number of pyridine rings is 1. The number of anilines is 1. The summed E-state index contributed by atoms with van der Waals surface area (Å²) in [6.45, 7) is 3.54. The Balaban J connectivity index is 1.57. The molecule has 2 aromatic rings. The second-order valence-corrected chi connectivity index (χ2v) is 7.10. The van der Waals surface area contributed by atoms with Gasteiger partial charge in [-0.1, -0.05) is 41.5 Å². The minimum Gasteiger partial charge on any atom is -0.481 e. The lowest BCUT2D eigenvalue weighted by Crippen LogP contribution is -2.48. The molecule has 0 N–H and O–H groups in total. The number of hydrogen-bond donors (Lipinski definition) is 0. The average Bonchev–Trinajstić information content (AvgIpc) is 2.64. The first-order chi connectivity index (χ1) is 12.1. The molecule has 1 fully saturated rings. The number of rotatable bonds is 4. The summed E-state index contributed by atoms with van der Waals surface area (Å²) in [7, 11) is 1.62. The summed E-state index contributed by atoms with van der Waals surface area (Å²) in [6, 6.07) is 11.5. The third kappa shape index (κ3) is 4.54. The van der Waals surface area contributed by atoms with Gasteiger partial charge in [-0.05, 0) is 24.3 Å². The molecule has 0 saturated carbocycles. The van der Waals surface area contributed by atoms with E-state index in [1.54, 1.807) is 7.11 Å². The maximum absolute atomic E-state index is 6.12. The van der Waals surface area contributed by atoms with Gasteiger partial charge in [-0.3, -0.25) is 0 Å². The predicted octanol–water partition coefficient (Wildman–Crippen LogP) is 4.09. The van der Waals surface area contributed by atoms with E-state index >= 15 is 0 Å². The molecule has 0 radical (unpaired) electrons. The highest BCUT2D eigenvalue weighted by Gasteiger charge is 2.20. The van der Waals surface area contributed by atoms with Crippen LogP contribution in [0, 0.1) is 0 Å². The highest BCUT2D eigenvalue weighted by Crippen LogP contribution is 2.27. The van der Waals surface area contributed by atoms with Crippen molar-refractivity contribution in [3.05, 3.63) is 52.1 Å². The molecule has 132 valence electrons. The van der Waals surface area contributed by atoms with Crippen molar-refractivity contribution in [2.75, 3.05) is 38.2 Å². The minimum absolute atomic E-state index is 0.580. The number of hydrogen-bond acceptors (Lipinski definition) is 4. The molecule has 25 heavy (non-hydrogen) atoms. The van der Waals surface area contributed by atoms with Crippen molar-refractivity contribution < 1.29 is 4.74 Å². The molecule has 1 aromatic carbocycles. The Morgan fingerprint density at radius 3 is 2.56 bits per heavy atom. The largest absolute Gasteiger partial charge is 0.481 e. The van der Waals surface area contributed by atoms with E-state index in [1.807, 2.05) is 36.4 Å². The van der Waals surface area contributed by atoms with Crippen LogP contribution in [0.25, 0.3) is 0 Å². The van der Waals surface area contributed by atoms with Crippen LogP contribution in [0.4, 0.5) is 5.69 Å². The Kier molecular flexibility index (Phi) is 5.99. The van der Waals surface area contributed by atoms with Crippen LogP contribution < -0.4 is 9.64 Å². The van der Waals surface area contributed by atoms with Gasteiger partial charge in [-0.15, -0.1) is 0 Å². The topological polar surface area (TPSA) is 28.6 Å². The number of ether oxygens (including phenoxy) is 1. The molecule has 0 spiro atoms. The summed E-state index contributed by atoms with van der Waals surface area (Å²) in [6.07, 6.45) is 0.652. The van der Waals surface area contributed by atoms with Gasteiger partial charge in [0, 0.05) is 44.4 Å². The van der Waals surface area contributed by atoms with Crippen LogP contribution in [0.1, 0.15) is 5.69 Å². The fourth-order valence-electron chi connectivity index (χ4n) is 2.83. The Bertz CT molecular complexity index is 764. The van der Waals surface area contributed by atoms with Crippen molar-refractivity contribution in [2.45, 2.75) is 6.42 Å². The summed E-state index contributed by atoms with van der Waals surface area (Å²) < 4.78 is 5.17. The van der Waals surface area contributed by atoms with Gasteiger partial charge in [-0.2, -0.15) is 0 Å². The molecule has 1 aliphatic heterocycles. The van der Waals surface area contributed by atoms with Crippen molar-refractivity contribution in [3.63, 3.8) is 0 Å². The summed E-state index contributed by atoms with van der Waals surface area (Å²) in [5.41, 5.74) is 2.02. The van der Waals surface area contributed by atoms with E-state index in [0.29, 0.717) is 22.3 Å². The second kappa shape index (κ2) is 8.21. The predicted molar refractivity (Wildman–Crippen MR) is 107 cm³/mol. The van der Waals surface area contributed by atoms with Gasteiger partial charge in [0.15, 0.2) is 0 Å². The number of piperazine rings is 1. The molecule has 0 atom stereocenters. The maximum Gasteiger partial charge on any atom is 0.213 e. The number of methoxy groups -OCH3 is 1. The fraction of sp³-hybridized carbons (Fsp3) is 0.333. The van der Waals surface area contributed by atoms with Gasteiger partial charge < -0.3 is 14.5 Å². The number of halogens is 2. The van der Waals surface area contributed by atoms with Crippen molar-refractivity contribution >= 4 is 46.1 Å².